The van der Waals surface area contributed by atoms with Gasteiger partial charge >= 0.3 is 11.9 Å². The fourth-order valence-electron chi connectivity index (χ4n) is 4.16. The Hall–Kier alpha value is -4.18. The summed E-state index contributed by atoms with van der Waals surface area (Å²) in [5.74, 6) is -1.72. The van der Waals surface area contributed by atoms with E-state index in [-0.39, 0.29) is 21.3 Å². The van der Waals surface area contributed by atoms with Crippen LogP contribution in [-0.2, 0) is 14.3 Å². The zero-order valence-corrected chi connectivity index (χ0v) is 21.1. The van der Waals surface area contributed by atoms with E-state index in [9.17, 15) is 19.5 Å². The number of ether oxygens (including phenoxy) is 3. The van der Waals surface area contributed by atoms with Gasteiger partial charge in [0.15, 0.2) is 5.13 Å². The van der Waals surface area contributed by atoms with Gasteiger partial charge < -0.3 is 19.3 Å². The predicted molar refractivity (Wildman–Crippen MR) is 134 cm³/mol. The molecule has 2 heterocycles. The van der Waals surface area contributed by atoms with Crippen LogP contribution in [0, 0.1) is 13.8 Å². The molecular weight excluding hydrogens is 484 g/mol. The first-order chi connectivity index (χ1) is 17.2. The maximum Gasteiger partial charge on any atom is 0.350 e. The van der Waals surface area contributed by atoms with Crippen LogP contribution in [0.5, 0.6) is 11.5 Å². The van der Waals surface area contributed by atoms with E-state index in [0.29, 0.717) is 33.9 Å². The van der Waals surface area contributed by atoms with Gasteiger partial charge in [0, 0.05) is 11.1 Å². The second-order valence-electron chi connectivity index (χ2n) is 7.99. The van der Waals surface area contributed by atoms with Crippen LogP contribution < -0.4 is 14.4 Å². The molecule has 1 N–H and O–H groups in total. The molecule has 3 aromatic rings. The van der Waals surface area contributed by atoms with E-state index < -0.39 is 23.7 Å². The standard InChI is InChI=1S/C26H24N2O7S/c1-13-12-15(33-3)10-11-16(13)21(29)19-20(17-8-6-7-9-18(17)34-4)28(24(31)22(19)30)26-27-14(2)23(36-26)25(32)35-5/h6-12,20,29H,1-5H3. The van der Waals surface area contributed by atoms with Crippen LogP contribution in [0.2, 0.25) is 0 Å². The number of aromatic nitrogens is 1. The minimum absolute atomic E-state index is 0.120. The number of hydrogen-bond acceptors (Lipinski definition) is 9. The molecule has 0 bridgehead atoms. The Bertz CT molecular complexity index is 1410. The van der Waals surface area contributed by atoms with Crippen LogP contribution in [0.1, 0.15) is 38.1 Å². The molecule has 1 aliphatic rings. The molecule has 36 heavy (non-hydrogen) atoms. The number of nitrogens with zero attached hydrogens (tertiary/aromatic N) is 2. The number of benzene rings is 2. The zero-order chi connectivity index (χ0) is 26.1. The largest absolute Gasteiger partial charge is 0.507 e. The molecule has 1 unspecified atom stereocenters. The van der Waals surface area contributed by atoms with Crippen LogP contribution in [0.25, 0.3) is 5.76 Å². The number of thiazole rings is 1. The van der Waals surface area contributed by atoms with E-state index in [1.807, 2.05) is 0 Å². The van der Waals surface area contributed by atoms with Crippen molar-refractivity contribution in [3.8, 4) is 11.5 Å². The van der Waals surface area contributed by atoms with Crippen molar-refractivity contribution in [1.82, 2.24) is 4.98 Å². The molecule has 1 atom stereocenters. The maximum absolute atomic E-state index is 13.4. The topological polar surface area (TPSA) is 115 Å². The summed E-state index contributed by atoms with van der Waals surface area (Å²) >= 11 is 0.930. The van der Waals surface area contributed by atoms with Crippen molar-refractivity contribution < 1.29 is 33.7 Å². The Labute approximate surface area is 211 Å². The summed E-state index contributed by atoms with van der Waals surface area (Å²) in [5, 5.41) is 11.5. The number of rotatable bonds is 6. The van der Waals surface area contributed by atoms with Crippen molar-refractivity contribution in [3.63, 3.8) is 0 Å². The number of para-hydroxylation sites is 1. The summed E-state index contributed by atoms with van der Waals surface area (Å²) in [6, 6.07) is 10.8. The van der Waals surface area contributed by atoms with Gasteiger partial charge in [-0.3, -0.25) is 14.5 Å². The van der Waals surface area contributed by atoms with E-state index in [2.05, 4.69) is 4.98 Å². The van der Waals surface area contributed by atoms with Gasteiger partial charge in [0.1, 0.15) is 28.2 Å². The average Bonchev–Trinajstić information content (AvgIpc) is 3.39. The molecule has 10 heteroatoms. The van der Waals surface area contributed by atoms with E-state index in [1.54, 1.807) is 56.3 Å². The second-order valence-corrected chi connectivity index (χ2v) is 8.97. The number of aliphatic hydroxyl groups excluding tert-OH is 1. The lowest BCUT2D eigenvalue weighted by atomic mass is 9.93. The van der Waals surface area contributed by atoms with Crippen molar-refractivity contribution in [2.45, 2.75) is 19.9 Å². The third-order valence-corrected chi connectivity index (χ3v) is 7.07. The van der Waals surface area contributed by atoms with Crippen molar-refractivity contribution in [3.05, 3.63) is 75.3 Å². The molecule has 4 rings (SSSR count). The molecule has 0 aliphatic carbocycles. The summed E-state index contributed by atoms with van der Waals surface area (Å²) in [7, 11) is 4.25. The third kappa shape index (κ3) is 4.09. The van der Waals surface area contributed by atoms with Crippen molar-refractivity contribution in [1.29, 1.82) is 0 Å². The number of aliphatic hydroxyl groups is 1. The number of amides is 1. The summed E-state index contributed by atoms with van der Waals surface area (Å²) in [6.45, 7) is 3.38. The number of ketones is 1. The molecule has 186 valence electrons. The Balaban J connectivity index is 1.98. The first-order valence-electron chi connectivity index (χ1n) is 10.9. The molecule has 2 aromatic carbocycles. The normalized spacial score (nSPS) is 16.8. The SMILES string of the molecule is COC(=O)c1sc(N2C(=O)C(=O)C(=C(O)c3ccc(OC)cc3C)C2c2ccccc2OC)nc1C. The summed E-state index contributed by atoms with van der Waals surface area (Å²) in [4.78, 5) is 44.8. The van der Waals surface area contributed by atoms with Crippen LogP contribution in [0.3, 0.4) is 0 Å². The van der Waals surface area contributed by atoms with Crippen molar-refractivity contribution >= 4 is 39.9 Å². The molecule has 1 aliphatic heterocycles. The number of Topliss-reactive ketones (excluding diaryl/α,β-unsaturated/α-hetero) is 1. The molecule has 0 spiro atoms. The molecule has 1 aromatic heterocycles. The number of hydrogen-bond donors (Lipinski definition) is 1. The molecule has 9 nitrogen and oxygen atoms in total. The highest BCUT2D eigenvalue weighted by molar-refractivity contribution is 7.17. The molecular formula is C26H24N2O7S. The Morgan fingerprint density at radius 1 is 1.06 bits per heavy atom. The van der Waals surface area contributed by atoms with Gasteiger partial charge in [-0.2, -0.15) is 0 Å². The fourth-order valence-corrected chi connectivity index (χ4v) is 5.17. The Morgan fingerprint density at radius 3 is 2.42 bits per heavy atom. The highest BCUT2D eigenvalue weighted by Gasteiger charge is 2.49. The lowest BCUT2D eigenvalue weighted by molar-refractivity contribution is -0.132. The quantitative estimate of drug-likeness (QED) is 0.228. The van der Waals surface area contributed by atoms with Crippen molar-refractivity contribution in [2.24, 2.45) is 0 Å². The van der Waals surface area contributed by atoms with Gasteiger partial charge in [0.05, 0.1) is 32.6 Å². The van der Waals surface area contributed by atoms with E-state index in [1.165, 1.54) is 26.2 Å². The molecule has 1 fully saturated rings. The van der Waals surface area contributed by atoms with Gasteiger partial charge in [-0.15, -0.1) is 0 Å². The zero-order valence-electron chi connectivity index (χ0n) is 20.3. The lowest BCUT2D eigenvalue weighted by Crippen LogP contribution is -2.29. The summed E-state index contributed by atoms with van der Waals surface area (Å²) in [6.07, 6.45) is 0. The first kappa shape index (κ1) is 24.9. The number of methoxy groups -OCH3 is 3. The van der Waals surface area contributed by atoms with Crippen LogP contribution in [-0.4, -0.2) is 49.1 Å². The van der Waals surface area contributed by atoms with E-state index in [0.717, 1.165) is 11.3 Å². The third-order valence-electron chi connectivity index (χ3n) is 5.93. The number of carbonyl (C=O) groups excluding carboxylic acids is 3. The minimum Gasteiger partial charge on any atom is -0.507 e. The van der Waals surface area contributed by atoms with E-state index in [4.69, 9.17) is 14.2 Å². The number of esters is 1. The fraction of sp³-hybridized carbons (Fsp3) is 0.231. The number of aryl methyl sites for hydroxylation is 2. The smallest absolute Gasteiger partial charge is 0.350 e. The van der Waals surface area contributed by atoms with Crippen LogP contribution in [0.4, 0.5) is 5.13 Å². The number of carbonyl (C=O) groups is 3. The highest BCUT2D eigenvalue weighted by Crippen LogP contribution is 2.46. The molecule has 1 amide bonds. The summed E-state index contributed by atoms with van der Waals surface area (Å²) in [5.41, 5.74) is 1.73. The van der Waals surface area contributed by atoms with Gasteiger partial charge in [-0.05, 0) is 43.7 Å². The molecule has 1 saturated heterocycles. The Morgan fingerprint density at radius 2 is 1.78 bits per heavy atom. The van der Waals surface area contributed by atoms with Crippen LogP contribution >= 0.6 is 11.3 Å². The van der Waals surface area contributed by atoms with Crippen LogP contribution in [0.15, 0.2) is 48.0 Å². The first-order valence-corrected chi connectivity index (χ1v) is 11.7. The molecule has 0 radical (unpaired) electrons. The maximum atomic E-state index is 13.4. The lowest BCUT2D eigenvalue weighted by Gasteiger charge is -2.24. The number of anilines is 1. The average molecular weight is 509 g/mol. The van der Waals surface area contributed by atoms with Gasteiger partial charge in [-0.25, -0.2) is 9.78 Å². The van der Waals surface area contributed by atoms with E-state index >= 15 is 0 Å². The second kappa shape index (κ2) is 9.82. The minimum atomic E-state index is -1.06. The monoisotopic (exact) mass is 508 g/mol. The van der Waals surface area contributed by atoms with Gasteiger partial charge in [0.25, 0.3) is 5.78 Å². The predicted octanol–water partition coefficient (Wildman–Crippen LogP) is 4.19. The summed E-state index contributed by atoms with van der Waals surface area (Å²) < 4.78 is 15.6. The van der Waals surface area contributed by atoms with Crippen molar-refractivity contribution in [2.75, 3.05) is 26.2 Å². The highest BCUT2D eigenvalue weighted by atomic mass is 32.1. The molecule has 0 saturated carbocycles. The van der Waals surface area contributed by atoms with Gasteiger partial charge in [0.2, 0.25) is 0 Å². The Kier molecular flexibility index (Phi) is 6.80. The van der Waals surface area contributed by atoms with Gasteiger partial charge in [-0.1, -0.05) is 29.5 Å².